The molecule has 32 heavy (non-hydrogen) atoms. The van der Waals surface area contributed by atoms with Crippen molar-refractivity contribution in [3.05, 3.63) is 80.8 Å². The summed E-state index contributed by atoms with van der Waals surface area (Å²) in [6, 6.07) is 15.0. The highest BCUT2D eigenvalue weighted by molar-refractivity contribution is 7.15. The van der Waals surface area contributed by atoms with E-state index in [9.17, 15) is 9.59 Å². The lowest BCUT2D eigenvalue weighted by Crippen LogP contribution is -2.22. The van der Waals surface area contributed by atoms with Crippen LogP contribution in [0.3, 0.4) is 0 Å². The minimum absolute atomic E-state index is 0.130. The Balaban J connectivity index is 1.37. The lowest BCUT2D eigenvalue weighted by atomic mass is 10.1. The van der Waals surface area contributed by atoms with Gasteiger partial charge in [0.25, 0.3) is 0 Å². The van der Waals surface area contributed by atoms with Gasteiger partial charge in [-0.2, -0.15) is 0 Å². The number of fused-ring (bicyclic) bond motifs is 1. The molecule has 2 heterocycles. The lowest BCUT2D eigenvalue weighted by Gasteiger charge is -2.23. The molecule has 0 bridgehead atoms. The number of amides is 1. The monoisotopic (exact) mass is 469 g/mol. The van der Waals surface area contributed by atoms with Crippen molar-refractivity contribution < 1.29 is 14.3 Å². The summed E-state index contributed by atoms with van der Waals surface area (Å²) in [5.41, 5.74) is 3.56. The van der Waals surface area contributed by atoms with E-state index in [1.807, 2.05) is 12.1 Å². The Bertz CT molecular complexity index is 1110. The van der Waals surface area contributed by atoms with Crippen LogP contribution < -0.4 is 5.32 Å². The van der Waals surface area contributed by atoms with Crippen molar-refractivity contribution in [2.45, 2.75) is 38.9 Å². The zero-order valence-electron chi connectivity index (χ0n) is 17.9. The topological polar surface area (TPSA) is 71.5 Å². The molecular weight excluding hydrogens is 446 g/mol. The SMILES string of the molecule is CC[C@H]1c2nc(NC(=O)Cc3ccc(C(=O)OC)cc3)sc2CN1Cc1ccc(Cl)cc1. The van der Waals surface area contributed by atoms with Crippen LogP contribution in [0.15, 0.2) is 48.5 Å². The molecule has 0 fully saturated rings. The van der Waals surface area contributed by atoms with Crippen molar-refractivity contribution in [2.75, 3.05) is 12.4 Å². The molecule has 1 amide bonds. The summed E-state index contributed by atoms with van der Waals surface area (Å²) in [5, 5.41) is 4.30. The first-order valence-electron chi connectivity index (χ1n) is 10.4. The first kappa shape index (κ1) is 22.5. The zero-order chi connectivity index (χ0) is 22.7. The molecule has 0 radical (unpaired) electrons. The molecule has 8 heteroatoms. The Morgan fingerprint density at radius 1 is 1.16 bits per heavy atom. The predicted octanol–water partition coefficient (Wildman–Crippen LogP) is 5.23. The first-order chi connectivity index (χ1) is 15.5. The van der Waals surface area contributed by atoms with E-state index in [1.54, 1.807) is 24.3 Å². The number of aromatic nitrogens is 1. The molecule has 0 aliphatic carbocycles. The van der Waals surface area contributed by atoms with Crippen LogP contribution in [0.5, 0.6) is 0 Å². The van der Waals surface area contributed by atoms with Gasteiger partial charge < -0.3 is 10.1 Å². The average Bonchev–Trinajstić information content (AvgIpc) is 3.31. The Labute approximate surface area is 196 Å². The molecule has 1 N–H and O–H groups in total. The van der Waals surface area contributed by atoms with Crippen LogP contribution in [0, 0.1) is 0 Å². The minimum Gasteiger partial charge on any atom is -0.465 e. The van der Waals surface area contributed by atoms with E-state index < -0.39 is 5.97 Å². The smallest absolute Gasteiger partial charge is 0.337 e. The van der Waals surface area contributed by atoms with Crippen LogP contribution in [0.25, 0.3) is 0 Å². The molecule has 166 valence electrons. The quantitative estimate of drug-likeness (QED) is 0.479. The van der Waals surface area contributed by atoms with Gasteiger partial charge in [-0.05, 0) is 41.8 Å². The van der Waals surface area contributed by atoms with Crippen molar-refractivity contribution in [1.82, 2.24) is 9.88 Å². The lowest BCUT2D eigenvalue weighted by molar-refractivity contribution is -0.115. The van der Waals surface area contributed by atoms with Gasteiger partial charge in [0, 0.05) is 23.0 Å². The Morgan fingerprint density at radius 3 is 2.50 bits per heavy atom. The molecule has 0 unspecified atom stereocenters. The number of ether oxygens (including phenoxy) is 1. The molecule has 0 saturated heterocycles. The number of halogens is 1. The second kappa shape index (κ2) is 9.81. The average molecular weight is 470 g/mol. The van der Waals surface area contributed by atoms with Crippen molar-refractivity contribution in [3.8, 4) is 0 Å². The summed E-state index contributed by atoms with van der Waals surface area (Å²) in [6.45, 7) is 3.81. The van der Waals surface area contributed by atoms with Crippen molar-refractivity contribution >= 4 is 39.9 Å². The summed E-state index contributed by atoms with van der Waals surface area (Å²) in [5.74, 6) is -0.525. The molecule has 2 aromatic carbocycles. The van der Waals surface area contributed by atoms with E-state index in [0.717, 1.165) is 35.8 Å². The number of nitrogens with zero attached hydrogens (tertiary/aromatic N) is 2. The van der Waals surface area contributed by atoms with Crippen LogP contribution in [0.4, 0.5) is 5.13 Å². The van der Waals surface area contributed by atoms with Gasteiger partial charge in [0.05, 0.1) is 30.8 Å². The molecule has 1 aliphatic heterocycles. The summed E-state index contributed by atoms with van der Waals surface area (Å²) in [7, 11) is 1.34. The number of rotatable bonds is 7. The Morgan fingerprint density at radius 2 is 1.84 bits per heavy atom. The van der Waals surface area contributed by atoms with Crippen LogP contribution in [0.1, 0.15) is 51.4 Å². The van der Waals surface area contributed by atoms with Gasteiger partial charge in [0.15, 0.2) is 5.13 Å². The molecule has 4 rings (SSSR count). The highest BCUT2D eigenvalue weighted by atomic mass is 35.5. The molecule has 0 saturated carbocycles. The summed E-state index contributed by atoms with van der Waals surface area (Å²) in [4.78, 5) is 32.4. The third kappa shape index (κ3) is 5.01. The standard InChI is InChI=1S/C24H24ClN3O3S/c1-3-19-22-20(14-28(19)13-16-6-10-18(25)11-7-16)32-24(27-22)26-21(29)12-15-4-8-17(9-5-15)23(30)31-2/h4-11,19H,3,12-14H2,1-2H3,(H,26,27,29)/t19-/m0/s1. The highest BCUT2D eigenvalue weighted by Crippen LogP contribution is 2.41. The second-order valence-electron chi connectivity index (χ2n) is 7.70. The number of benzene rings is 2. The minimum atomic E-state index is -0.395. The molecule has 1 aliphatic rings. The predicted molar refractivity (Wildman–Crippen MR) is 126 cm³/mol. The fourth-order valence-electron chi connectivity index (χ4n) is 3.93. The van der Waals surface area contributed by atoms with Crippen LogP contribution in [-0.2, 0) is 29.0 Å². The second-order valence-corrected chi connectivity index (χ2v) is 9.22. The van der Waals surface area contributed by atoms with E-state index in [0.29, 0.717) is 10.7 Å². The Hall–Kier alpha value is -2.74. The van der Waals surface area contributed by atoms with Crippen LogP contribution in [0.2, 0.25) is 5.02 Å². The highest BCUT2D eigenvalue weighted by Gasteiger charge is 2.33. The number of hydrogen-bond acceptors (Lipinski definition) is 6. The number of carbonyl (C=O) groups is 2. The van der Waals surface area contributed by atoms with Gasteiger partial charge in [-0.3, -0.25) is 9.69 Å². The van der Waals surface area contributed by atoms with Gasteiger partial charge in [-0.15, -0.1) is 11.3 Å². The number of nitrogens with one attached hydrogen (secondary N) is 1. The fraction of sp³-hybridized carbons (Fsp3) is 0.292. The van der Waals surface area contributed by atoms with E-state index in [1.165, 1.54) is 28.9 Å². The molecule has 1 atom stereocenters. The maximum Gasteiger partial charge on any atom is 0.337 e. The van der Waals surface area contributed by atoms with E-state index in [4.69, 9.17) is 21.3 Å². The van der Waals surface area contributed by atoms with Gasteiger partial charge in [0.1, 0.15) is 0 Å². The molecule has 3 aromatic rings. The largest absolute Gasteiger partial charge is 0.465 e. The normalized spacial score (nSPS) is 15.4. The third-order valence-corrected chi connectivity index (χ3v) is 6.73. The van der Waals surface area contributed by atoms with Crippen LogP contribution in [-0.4, -0.2) is 28.9 Å². The first-order valence-corrected chi connectivity index (χ1v) is 11.6. The summed E-state index contributed by atoms with van der Waals surface area (Å²) < 4.78 is 4.70. The van der Waals surface area contributed by atoms with Crippen molar-refractivity contribution in [2.24, 2.45) is 0 Å². The van der Waals surface area contributed by atoms with E-state index in [-0.39, 0.29) is 18.4 Å². The maximum atomic E-state index is 12.5. The van der Waals surface area contributed by atoms with Gasteiger partial charge in [-0.1, -0.05) is 42.8 Å². The van der Waals surface area contributed by atoms with Crippen LogP contribution >= 0.6 is 22.9 Å². The van der Waals surface area contributed by atoms with Gasteiger partial charge >= 0.3 is 5.97 Å². The fourth-order valence-corrected chi connectivity index (χ4v) is 5.11. The number of esters is 1. The number of hydrogen-bond donors (Lipinski definition) is 1. The van der Waals surface area contributed by atoms with E-state index in [2.05, 4.69) is 29.3 Å². The van der Waals surface area contributed by atoms with Gasteiger partial charge in [-0.25, -0.2) is 9.78 Å². The molecule has 6 nitrogen and oxygen atoms in total. The van der Waals surface area contributed by atoms with Crippen molar-refractivity contribution in [1.29, 1.82) is 0 Å². The number of thiazole rings is 1. The summed E-state index contributed by atoms with van der Waals surface area (Å²) in [6.07, 6.45) is 1.16. The summed E-state index contributed by atoms with van der Waals surface area (Å²) >= 11 is 7.54. The molecule has 0 spiro atoms. The number of anilines is 1. The molecule has 1 aromatic heterocycles. The van der Waals surface area contributed by atoms with E-state index >= 15 is 0 Å². The molecular formula is C24H24ClN3O3S. The van der Waals surface area contributed by atoms with Gasteiger partial charge in [0.2, 0.25) is 5.91 Å². The number of carbonyl (C=O) groups excluding carboxylic acids is 2. The third-order valence-electron chi connectivity index (χ3n) is 5.50. The van der Waals surface area contributed by atoms with Crippen molar-refractivity contribution in [3.63, 3.8) is 0 Å². The number of methoxy groups -OCH3 is 1. The zero-order valence-corrected chi connectivity index (χ0v) is 19.5. The maximum absolute atomic E-state index is 12.5. The Kier molecular flexibility index (Phi) is 6.89.